The van der Waals surface area contributed by atoms with Crippen molar-refractivity contribution in [1.29, 1.82) is 0 Å². The lowest BCUT2D eigenvalue weighted by Gasteiger charge is -2.40. The number of phenols is 1. The predicted octanol–water partition coefficient (Wildman–Crippen LogP) is 5.53. The van der Waals surface area contributed by atoms with E-state index < -0.39 is 61.1 Å². The fourth-order valence-electron chi connectivity index (χ4n) is 7.33. The molecule has 10 nitrogen and oxygen atoms in total. The van der Waals surface area contributed by atoms with Crippen molar-refractivity contribution in [3.05, 3.63) is 144 Å². The fraction of sp³-hybridized carbons (Fsp3) is 0.262. The SMILES string of the molecule is O=C1N[C@@H](CCC(O)c2ccc(F)cc2)[C@@H](c2ccc(-c3ccc(C4O[C@H](CO)[C@@H](O)[C@H](O)[C@H]4O)cc3)cc2O)N1c1ccc(-c2ccccc2)cc1. The van der Waals surface area contributed by atoms with Gasteiger partial charge in [0.15, 0.2) is 0 Å². The minimum Gasteiger partial charge on any atom is -0.508 e. The summed E-state index contributed by atoms with van der Waals surface area (Å²) in [4.78, 5) is 15.3. The van der Waals surface area contributed by atoms with Crippen LogP contribution >= 0.6 is 0 Å². The fourth-order valence-corrected chi connectivity index (χ4v) is 7.33. The number of nitrogens with zero attached hydrogens (tertiary/aromatic N) is 1. The number of urea groups is 1. The predicted molar refractivity (Wildman–Crippen MR) is 196 cm³/mol. The molecule has 11 heteroatoms. The first-order valence-corrected chi connectivity index (χ1v) is 17.6. The first kappa shape index (κ1) is 36.2. The highest BCUT2D eigenvalue weighted by Gasteiger charge is 2.44. The van der Waals surface area contributed by atoms with Gasteiger partial charge in [-0.2, -0.15) is 0 Å². The average molecular weight is 721 g/mol. The molecule has 274 valence electrons. The zero-order valence-corrected chi connectivity index (χ0v) is 28.6. The lowest BCUT2D eigenvalue weighted by atomic mass is 9.90. The molecular formula is C42H41FN2O8. The molecule has 0 aliphatic carbocycles. The van der Waals surface area contributed by atoms with E-state index in [0.29, 0.717) is 34.4 Å². The topological polar surface area (TPSA) is 163 Å². The Labute approximate surface area is 306 Å². The van der Waals surface area contributed by atoms with Crippen molar-refractivity contribution in [3.63, 3.8) is 0 Å². The molecule has 0 radical (unpaired) electrons. The summed E-state index contributed by atoms with van der Waals surface area (Å²) in [5, 5.41) is 66.1. The molecule has 2 aliphatic heterocycles. The monoisotopic (exact) mass is 720 g/mol. The van der Waals surface area contributed by atoms with Crippen molar-refractivity contribution in [2.45, 2.75) is 61.5 Å². The molecular weight excluding hydrogens is 679 g/mol. The van der Waals surface area contributed by atoms with Crippen LogP contribution in [0.4, 0.5) is 14.9 Å². The van der Waals surface area contributed by atoms with Gasteiger partial charge in [-0.3, -0.25) is 4.90 Å². The van der Waals surface area contributed by atoms with Gasteiger partial charge in [0.1, 0.15) is 42.1 Å². The Kier molecular flexibility index (Phi) is 10.6. The molecule has 0 saturated carbocycles. The van der Waals surface area contributed by atoms with E-state index in [-0.39, 0.29) is 18.2 Å². The smallest absolute Gasteiger partial charge is 0.322 e. The Morgan fingerprint density at radius 1 is 0.755 bits per heavy atom. The van der Waals surface area contributed by atoms with Crippen molar-refractivity contribution in [2.24, 2.45) is 0 Å². The number of hydrogen-bond acceptors (Lipinski definition) is 8. The van der Waals surface area contributed by atoms with E-state index in [1.807, 2.05) is 60.7 Å². The quantitative estimate of drug-likeness (QED) is 0.0991. The van der Waals surface area contributed by atoms with Crippen molar-refractivity contribution in [2.75, 3.05) is 11.5 Å². The number of halogens is 1. The highest BCUT2D eigenvalue weighted by molar-refractivity contribution is 5.96. The molecule has 53 heavy (non-hydrogen) atoms. The Hall–Kier alpha value is -5.14. The highest BCUT2D eigenvalue weighted by Crippen LogP contribution is 2.42. The first-order chi connectivity index (χ1) is 25.6. The summed E-state index contributed by atoms with van der Waals surface area (Å²) in [5.74, 6) is -0.446. The molecule has 5 aromatic rings. The van der Waals surface area contributed by atoms with Gasteiger partial charge in [-0.05, 0) is 76.6 Å². The number of aliphatic hydroxyl groups is 5. The molecule has 2 amide bonds. The third-order valence-electron chi connectivity index (χ3n) is 10.3. The second kappa shape index (κ2) is 15.5. The van der Waals surface area contributed by atoms with Gasteiger partial charge in [0.25, 0.3) is 0 Å². The minimum atomic E-state index is -1.50. The standard InChI is InChI=1S/C42H41FN2O8/c43-30-15-10-27(11-16-30)34(47)21-20-33-37(45(42(52)44-33)31-17-12-25(13-18-31)24-4-2-1-3-5-24)32-19-14-29(22-35(32)48)26-6-8-28(9-7-26)41-40(51)39(50)38(49)36(23-46)53-41/h1-19,22,33-34,36-41,46-51H,20-21,23H2,(H,44,52)/t33-,34?,36+,37+,38+,39-,40+,41?/m0/s1. The molecule has 2 fully saturated rings. The summed E-state index contributed by atoms with van der Waals surface area (Å²) in [6.07, 6.45) is -6.64. The maximum Gasteiger partial charge on any atom is 0.322 e. The normalized spacial score (nSPS) is 24.9. The maximum absolute atomic E-state index is 13.7. The first-order valence-electron chi connectivity index (χ1n) is 17.6. The van der Waals surface area contributed by atoms with E-state index >= 15 is 0 Å². The van der Waals surface area contributed by atoms with Crippen molar-refractivity contribution in [1.82, 2.24) is 5.32 Å². The van der Waals surface area contributed by atoms with Gasteiger partial charge in [0, 0.05) is 11.3 Å². The number of carbonyl (C=O) groups excluding carboxylic acids is 1. The lowest BCUT2D eigenvalue weighted by Crippen LogP contribution is -2.55. The number of aromatic hydroxyl groups is 1. The van der Waals surface area contributed by atoms with E-state index in [1.165, 1.54) is 24.3 Å². The van der Waals surface area contributed by atoms with E-state index in [1.54, 1.807) is 41.3 Å². The number of rotatable bonds is 10. The number of anilines is 1. The van der Waals surface area contributed by atoms with Gasteiger partial charge in [0.05, 0.1) is 24.8 Å². The van der Waals surface area contributed by atoms with Gasteiger partial charge in [0.2, 0.25) is 0 Å². The number of ether oxygens (including phenoxy) is 1. The Morgan fingerprint density at radius 2 is 1.38 bits per heavy atom. The molecule has 7 N–H and O–H groups in total. The Bertz CT molecular complexity index is 2010. The van der Waals surface area contributed by atoms with Crippen LogP contribution in [0.5, 0.6) is 5.75 Å². The number of nitrogens with one attached hydrogen (secondary N) is 1. The van der Waals surface area contributed by atoms with Crippen molar-refractivity contribution >= 4 is 11.7 Å². The maximum atomic E-state index is 13.7. The molecule has 0 spiro atoms. The van der Waals surface area contributed by atoms with Crippen LogP contribution in [0.25, 0.3) is 22.3 Å². The third kappa shape index (κ3) is 7.40. The van der Waals surface area contributed by atoms with Crippen molar-refractivity contribution < 1.29 is 44.6 Å². The van der Waals surface area contributed by atoms with E-state index in [0.717, 1.165) is 16.7 Å². The molecule has 8 atom stereocenters. The number of hydrogen-bond donors (Lipinski definition) is 7. The molecule has 2 aliphatic rings. The van der Waals surface area contributed by atoms with Crippen LogP contribution in [0, 0.1) is 5.82 Å². The summed E-state index contributed by atoms with van der Waals surface area (Å²) in [5.41, 5.74) is 5.63. The molecule has 0 bridgehead atoms. The Balaban J connectivity index is 1.17. The van der Waals surface area contributed by atoms with Gasteiger partial charge in [-0.15, -0.1) is 0 Å². The minimum absolute atomic E-state index is 0.0444. The van der Waals surface area contributed by atoms with E-state index in [9.17, 15) is 39.8 Å². The van der Waals surface area contributed by atoms with Crippen molar-refractivity contribution in [3.8, 4) is 28.0 Å². The van der Waals surface area contributed by atoms with Crippen LogP contribution in [-0.2, 0) is 4.74 Å². The zero-order chi connectivity index (χ0) is 37.2. The highest BCUT2D eigenvalue weighted by atomic mass is 19.1. The van der Waals surface area contributed by atoms with Gasteiger partial charge >= 0.3 is 6.03 Å². The van der Waals surface area contributed by atoms with Crippen LogP contribution in [0.3, 0.4) is 0 Å². The van der Waals surface area contributed by atoms with Crippen LogP contribution < -0.4 is 10.2 Å². The number of benzene rings is 5. The van der Waals surface area contributed by atoms with Crippen LogP contribution in [0.15, 0.2) is 121 Å². The summed E-state index contributed by atoms with van der Waals surface area (Å²) < 4.78 is 19.2. The number of phenolic OH excluding ortho intramolecular Hbond substituents is 1. The molecule has 2 unspecified atom stereocenters. The van der Waals surface area contributed by atoms with E-state index in [2.05, 4.69) is 5.32 Å². The van der Waals surface area contributed by atoms with Gasteiger partial charge in [-0.25, -0.2) is 9.18 Å². The number of aliphatic hydroxyl groups excluding tert-OH is 5. The Morgan fingerprint density at radius 3 is 2.04 bits per heavy atom. The second-order valence-electron chi connectivity index (χ2n) is 13.6. The van der Waals surface area contributed by atoms with Crippen LogP contribution in [0.1, 0.15) is 47.8 Å². The molecule has 0 aromatic heterocycles. The van der Waals surface area contributed by atoms with Gasteiger partial charge < -0.3 is 40.7 Å². The second-order valence-corrected chi connectivity index (χ2v) is 13.6. The lowest BCUT2D eigenvalue weighted by molar-refractivity contribution is -0.231. The molecule has 5 aromatic carbocycles. The summed E-state index contributed by atoms with van der Waals surface area (Å²) >= 11 is 0. The molecule has 2 saturated heterocycles. The summed E-state index contributed by atoms with van der Waals surface area (Å²) in [7, 11) is 0. The molecule has 2 heterocycles. The van der Waals surface area contributed by atoms with Crippen LogP contribution in [0.2, 0.25) is 0 Å². The largest absolute Gasteiger partial charge is 0.508 e. The average Bonchev–Trinajstić information content (AvgIpc) is 3.52. The van der Waals surface area contributed by atoms with Crippen LogP contribution in [-0.4, -0.2) is 73.7 Å². The van der Waals surface area contributed by atoms with E-state index in [4.69, 9.17) is 4.74 Å². The third-order valence-corrected chi connectivity index (χ3v) is 10.3. The summed E-state index contributed by atoms with van der Waals surface area (Å²) in [6.45, 7) is -0.528. The number of amides is 2. The molecule has 7 rings (SSSR count). The number of carbonyl (C=O) groups is 1. The van der Waals surface area contributed by atoms with Gasteiger partial charge in [-0.1, -0.05) is 91.0 Å². The summed E-state index contributed by atoms with van der Waals surface area (Å²) in [6, 6.07) is 33.8. The zero-order valence-electron chi connectivity index (χ0n) is 28.6.